The minimum atomic E-state index is -0.237. The molecular weight excluding hydrogens is 488 g/mol. The molecule has 0 aliphatic heterocycles. The Morgan fingerprint density at radius 3 is 2.56 bits per heavy atom. The molecule has 5 nitrogen and oxygen atoms in total. The molecule has 1 atom stereocenters. The number of thiophene rings is 1. The van der Waals surface area contributed by atoms with E-state index in [-0.39, 0.29) is 11.8 Å². The number of hydrogen-bond donors (Lipinski definition) is 2. The summed E-state index contributed by atoms with van der Waals surface area (Å²) in [5.74, 6) is 0.881. The summed E-state index contributed by atoms with van der Waals surface area (Å²) in [4.78, 5) is 27.5. The van der Waals surface area contributed by atoms with E-state index in [9.17, 15) is 9.59 Å². The van der Waals surface area contributed by atoms with Gasteiger partial charge in [-0.2, -0.15) is 0 Å². The van der Waals surface area contributed by atoms with Crippen molar-refractivity contribution in [3.05, 3.63) is 74.6 Å². The normalized spacial score (nSPS) is 15.0. The van der Waals surface area contributed by atoms with Gasteiger partial charge in [-0.1, -0.05) is 19.1 Å². The fraction of sp³-hybridized carbons (Fsp3) is 0.280. The number of amides is 2. The molecule has 7 heteroatoms. The summed E-state index contributed by atoms with van der Waals surface area (Å²) in [5, 5.41) is 6.60. The molecule has 0 bridgehead atoms. The molecule has 0 fully saturated rings. The quantitative estimate of drug-likeness (QED) is 0.394. The zero-order valence-electron chi connectivity index (χ0n) is 18.0. The first-order valence-electron chi connectivity index (χ1n) is 10.7. The van der Waals surface area contributed by atoms with Gasteiger partial charge in [0.2, 0.25) is 0 Å². The topological polar surface area (TPSA) is 67.4 Å². The molecule has 32 heavy (non-hydrogen) atoms. The first kappa shape index (κ1) is 22.6. The van der Waals surface area contributed by atoms with Crippen LogP contribution < -0.4 is 15.4 Å². The van der Waals surface area contributed by atoms with Crippen molar-refractivity contribution in [3.8, 4) is 5.75 Å². The number of rotatable bonds is 6. The lowest BCUT2D eigenvalue weighted by Crippen LogP contribution is -2.19. The van der Waals surface area contributed by atoms with Crippen LogP contribution in [0.25, 0.3) is 0 Å². The lowest BCUT2D eigenvalue weighted by Gasteiger charge is -2.18. The van der Waals surface area contributed by atoms with E-state index >= 15 is 0 Å². The number of anilines is 2. The van der Waals surface area contributed by atoms with Crippen LogP contribution in [0.15, 0.2) is 53.0 Å². The van der Waals surface area contributed by atoms with Gasteiger partial charge in [0.15, 0.2) is 0 Å². The molecule has 2 N–H and O–H groups in total. The van der Waals surface area contributed by atoms with E-state index in [4.69, 9.17) is 4.74 Å². The molecule has 1 heterocycles. The van der Waals surface area contributed by atoms with Crippen molar-refractivity contribution in [1.29, 1.82) is 0 Å². The number of fused-ring (bicyclic) bond motifs is 1. The molecule has 1 aliphatic carbocycles. The Morgan fingerprint density at radius 2 is 1.84 bits per heavy atom. The second-order valence-electron chi connectivity index (χ2n) is 7.90. The third-order valence-electron chi connectivity index (χ3n) is 5.51. The van der Waals surface area contributed by atoms with Crippen LogP contribution in [0.4, 0.5) is 10.7 Å². The van der Waals surface area contributed by atoms with Gasteiger partial charge in [-0.3, -0.25) is 9.59 Å². The maximum Gasteiger partial charge on any atom is 0.258 e. The lowest BCUT2D eigenvalue weighted by atomic mass is 9.88. The molecule has 1 aliphatic rings. The summed E-state index contributed by atoms with van der Waals surface area (Å²) in [5.41, 5.74) is 2.85. The van der Waals surface area contributed by atoms with Gasteiger partial charge in [0.1, 0.15) is 10.8 Å². The predicted octanol–water partition coefficient (Wildman–Crippen LogP) is 6.54. The van der Waals surface area contributed by atoms with Crippen LogP contribution in [0, 0.1) is 5.92 Å². The van der Waals surface area contributed by atoms with Crippen molar-refractivity contribution < 1.29 is 14.3 Å². The minimum absolute atomic E-state index is 0.205. The summed E-state index contributed by atoms with van der Waals surface area (Å²) in [6, 6.07) is 14.6. The number of carbonyl (C=O) groups excluding carboxylic acids is 2. The molecule has 4 rings (SSSR count). The highest BCUT2D eigenvalue weighted by Crippen LogP contribution is 2.40. The monoisotopic (exact) mass is 512 g/mol. The van der Waals surface area contributed by atoms with E-state index < -0.39 is 0 Å². The smallest absolute Gasteiger partial charge is 0.258 e. The highest BCUT2D eigenvalue weighted by atomic mass is 79.9. The number of nitrogens with one attached hydrogen (secondary N) is 2. The Hall–Kier alpha value is -2.64. The molecule has 0 spiro atoms. The van der Waals surface area contributed by atoms with Crippen molar-refractivity contribution in [3.63, 3.8) is 0 Å². The van der Waals surface area contributed by atoms with Crippen LogP contribution in [0.5, 0.6) is 5.75 Å². The van der Waals surface area contributed by atoms with E-state index in [1.807, 2.05) is 49.4 Å². The van der Waals surface area contributed by atoms with Gasteiger partial charge in [0, 0.05) is 15.0 Å². The Balaban J connectivity index is 1.63. The first-order chi connectivity index (χ1) is 15.5. The fourth-order valence-corrected chi connectivity index (χ4v) is 5.76. The van der Waals surface area contributed by atoms with Crippen LogP contribution in [0.1, 0.15) is 51.4 Å². The van der Waals surface area contributed by atoms with Gasteiger partial charge in [-0.05, 0) is 90.0 Å². The van der Waals surface area contributed by atoms with E-state index in [2.05, 4.69) is 33.5 Å². The maximum atomic E-state index is 13.3. The summed E-state index contributed by atoms with van der Waals surface area (Å²) in [6.45, 7) is 4.74. The highest BCUT2D eigenvalue weighted by molar-refractivity contribution is 9.10. The van der Waals surface area contributed by atoms with Gasteiger partial charge in [-0.15, -0.1) is 11.3 Å². The second-order valence-corrected chi connectivity index (χ2v) is 9.86. The standard InChI is InChI=1S/C25H25BrN2O3S/c1-3-31-17-11-9-16(10-12-17)27-24(30)22-19-13-8-15(2)14-21(19)32-25(22)28-23(29)18-6-4-5-7-20(18)26/h4-7,9-12,15H,3,8,13-14H2,1-2H3,(H,27,30)(H,28,29)/t15-/m0/s1. The second kappa shape index (κ2) is 9.88. The van der Waals surface area contributed by atoms with Crippen LogP contribution >= 0.6 is 27.3 Å². The van der Waals surface area contributed by atoms with E-state index in [0.29, 0.717) is 38.8 Å². The molecular formula is C25H25BrN2O3S. The third-order valence-corrected chi connectivity index (χ3v) is 7.37. The molecule has 3 aromatic rings. The summed E-state index contributed by atoms with van der Waals surface area (Å²) >= 11 is 4.95. The predicted molar refractivity (Wildman–Crippen MR) is 133 cm³/mol. The SMILES string of the molecule is CCOc1ccc(NC(=O)c2c(NC(=O)c3ccccc3Br)sc3c2CC[C@H](C)C3)cc1. The van der Waals surface area contributed by atoms with Crippen LogP contribution in [0.2, 0.25) is 0 Å². The first-order valence-corrected chi connectivity index (χ1v) is 12.3. The van der Waals surface area contributed by atoms with Crippen molar-refractivity contribution in [2.75, 3.05) is 17.2 Å². The largest absolute Gasteiger partial charge is 0.494 e. The molecule has 0 radical (unpaired) electrons. The van der Waals surface area contributed by atoms with Crippen molar-refractivity contribution in [2.45, 2.75) is 33.1 Å². The molecule has 166 valence electrons. The maximum absolute atomic E-state index is 13.3. The fourth-order valence-electron chi connectivity index (χ4n) is 3.89. The number of halogens is 1. The molecule has 1 aromatic heterocycles. The molecule has 2 amide bonds. The van der Waals surface area contributed by atoms with Gasteiger partial charge >= 0.3 is 0 Å². The summed E-state index contributed by atoms with van der Waals surface area (Å²) in [7, 11) is 0. The minimum Gasteiger partial charge on any atom is -0.494 e. The van der Waals surface area contributed by atoms with Crippen molar-refractivity contribution >= 4 is 49.8 Å². The molecule has 0 saturated carbocycles. The third kappa shape index (κ3) is 4.89. The summed E-state index contributed by atoms with van der Waals surface area (Å²) in [6.07, 6.45) is 2.79. The number of ether oxygens (including phenoxy) is 1. The average Bonchev–Trinajstić information content (AvgIpc) is 3.12. The van der Waals surface area contributed by atoms with Crippen molar-refractivity contribution in [1.82, 2.24) is 0 Å². The lowest BCUT2D eigenvalue weighted by molar-refractivity contribution is 0.102. The molecule has 0 unspecified atom stereocenters. The van der Waals surface area contributed by atoms with Crippen molar-refractivity contribution in [2.24, 2.45) is 5.92 Å². The molecule has 2 aromatic carbocycles. The Kier molecular flexibility index (Phi) is 6.96. The average molecular weight is 513 g/mol. The molecule has 0 saturated heterocycles. The van der Waals surface area contributed by atoms with Gasteiger partial charge in [0.05, 0.1) is 17.7 Å². The number of hydrogen-bond acceptors (Lipinski definition) is 4. The highest BCUT2D eigenvalue weighted by Gasteiger charge is 2.29. The zero-order valence-corrected chi connectivity index (χ0v) is 20.4. The van der Waals surface area contributed by atoms with E-state index in [1.54, 1.807) is 6.07 Å². The van der Waals surface area contributed by atoms with E-state index in [1.165, 1.54) is 16.2 Å². The van der Waals surface area contributed by atoms with Gasteiger partial charge < -0.3 is 15.4 Å². The van der Waals surface area contributed by atoms with E-state index in [0.717, 1.165) is 30.6 Å². The number of carbonyl (C=O) groups is 2. The Bertz CT molecular complexity index is 1140. The summed E-state index contributed by atoms with van der Waals surface area (Å²) < 4.78 is 6.19. The number of benzene rings is 2. The van der Waals surface area contributed by atoms with Crippen LogP contribution in [0.3, 0.4) is 0 Å². The Morgan fingerprint density at radius 1 is 1.09 bits per heavy atom. The zero-order chi connectivity index (χ0) is 22.7. The van der Waals surface area contributed by atoms with Crippen LogP contribution in [-0.2, 0) is 12.8 Å². The Labute approximate surface area is 200 Å². The van der Waals surface area contributed by atoms with Gasteiger partial charge in [0.25, 0.3) is 11.8 Å². The van der Waals surface area contributed by atoms with Crippen LogP contribution in [-0.4, -0.2) is 18.4 Å². The van der Waals surface area contributed by atoms with Gasteiger partial charge in [-0.25, -0.2) is 0 Å².